The lowest BCUT2D eigenvalue weighted by atomic mass is 9.96. The quantitative estimate of drug-likeness (QED) is 0.927. The molecule has 1 unspecified atom stereocenters. The largest absolute Gasteiger partial charge is 0.358 e. The smallest absolute Gasteiger partial charge is 0.249 e. The van der Waals surface area contributed by atoms with Gasteiger partial charge >= 0.3 is 0 Å². The van der Waals surface area contributed by atoms with E-state index in [2.05, 4.69) is 20.4 Å². The van der Waals surface area contributed by atoms with Crippen molar-refractivity contribution in [1.29, 1.82) is 0 Å². The number of amides is 1. The monoisotopic (exact) mass is 326 g/mol. The molecule has 3 heterocycles. The first kappa shape index (κ1) is 15.1. The maximum atomic E-state index is 12.8. The van der Waals surface area contributed by atoms with Crippen molar-refractivity contribution in [1.82, 2.24) is 19.7 Å². The number of nitrogens with zero attached hydrogens (tertiary/aromatic N) is 5. The van der Waals surface area contributed by atoms with Crippen molar-refractivity contribution in [3.8, 4) is 0 Å². The molecule has 2 aliphatic rings. The number of aryl methyl sites for hydroxylation is 3. The first-order valence-corrected chi connectivity index (χ1v) is 8.55. The van der Waals surface area contributed by atoms with Crippen LogP contribution >= 0.6 is 0 Å². The number of carbonyl (C=O) groups excluding carboxylic acids is 1. The predicted octanol–water partition coefficient (Wildman–Crippen LogP) is 1.61. The molecule has 1 aliphatic carbocycles. The highest BCUT2D eigenvalue weighted by molar-refractivity contribution is 6.00. The molecule has 0 radical (unpaired) electrons. The topological polar surface area (TPSA) is 75.9 Å². The fourth-order valence-corrected chi connectivity index (χ4v) is 3.62. The summed E-state index contributed by atoms with van der Waals surface area (Å²) in [6.45, 7) is 2.62. The van der Waals surface area contributed by atoms with Crippen LogP contribution in [0.25, 0.3) is 0 Å². The molecule has 2 aromatic heterocycles. The van der Waals surface area contributed by atoms with Gasteiger partial charge in [-0.25, -0.2) is 9.97 Å². The summed E-state index contributed by atoms with van der Waals surface area (Å²) in [5.41, 5.74) is 3.19. The van der Waals surface area contributed by atoms with Crippen molar-refractivity contribution in [2.45, 2.75) is 45.1 Å². The highest BCUT2D eigenvalue weighted by Crippen LogP contribution is 2.28. The number of carbonyl (C=O) groups is 1. The van der Waals surface area contributed by atoms with Gasteiger partial charge in [-0.1, -0.05) is 0 Å². The minimum absolute atomic E-state index is 0.0869. The molecule has 0 spiro atoms. The van der Waals surface area contributed by atoms with Crippen molar-refractivity contribution in [3.63, 3.8) is 0 Å². The third-order valence-corrected chi connectivity index (χ3v) is 4.81. The zero-order valence-electron chi connectivity index (χ0n) is 14.1. The van der Waals surface area contributed by atoms with Crippen molar-refractivity contribution in [2.75, 3.05) is 16.8 Å². The van der Waals surface area contributed by atoms with Gasteiger partial charge in [0.2, 0.25) is 5.91 Å². The molecule has 1 amide bonds. The number of nitrogens with one attached hydrogen (secondary N) is 1. The highest BCUT2D eigenvalue weighted by atomic mass is 16.2. The van der Waals surface area contributed by atoms with E-state index in [0.717, 1.165) is 48.7 Å². The van der Waals surface area contributed by atoms with Crippen LogP contribution in [0, 0.1) is 6.92 Å². The second-order valence-corrected chi connectivity index (χ2v) is 6.60. The number of anilines is 2. The number of hydrogen-bond donors (Lipinski definition) is 1. The van der Waals surface area contributed by atoms with Crippen LogP contribution in [-0.4, -0.2) is 38.2 Å². The normalized spacial score (nSPS) is 20.3. The molecular weight excluding hydrogens is 304 g/mol. The van der Waals surface area contributed by atoms with E-state index in [1.54, 1.807) is 15.8 Å². The van der Waals surface area contributed by atoms with E-state index < -0.39 is 0 Å². The predicted molar refractivity (Wildman–Crippen MR) is 91.0 cm³/mol. The van der Waals surface area contributed by atoms with E-state index in [4.69, 9.17) is 0 Å². The van der Waals surface area contributed by atoms with Gasteiger partial charge < -0.3 is 10.2 Å². The fraction of sp³-hybridized carbons (Fsp3) is 0.529. The van der Waals surface area contributed by atoms with Crippen molar-refractivity contribution in [3.05, 3.63) is 29.5 Å². The van der Waals surface area contributed by atoms with Gasteiger partial charge in [0.1, 0.15) is 17.7 Å². The average molecular weight is 326 g/mol. The summed E-state index contributed by atoms with van der Waals surface area (Å²) in [7, 11) is 1.86. The third-order valence-electron chi connectivity index (χ3n) is 4.81. The van der Waals surface area contributed by atoms with E-state index in [-0.39, 0.29) is 11.9 Å². The Labute approximate surface area is 141 Å². The van der Waals surface area contributed by atoms with Crippen LogP contribution < -0.4 is 10.2 Å². The maximum Gasteiger partial charge on any atom is 0.249 e. The highest BCUT2D eigenvalue weighted by Gasteiger charge is 2.34. The van der Waals surface area contributed by atoms with Gasteiger partial charge in [0.25, 0.3) is 0 Å². The zero-order valence-corrected chi connectivity index (χ0v) is 14.1. The van der Waals surface area contributed by atoms with Gasteiger partial charge in [-0.3, -0.25) is 9.48 Å². The van der Waals surface area contributed by atoms with Crippen molar-refractivity contribution in [2.24, 2.45) is 7.05 Å². The summed E-state index contributed by atoms with van der Waals surface area (Å²) >= 11 is 0. The lowest BCUT2D eigenvalue weighted by molar-refractivity contribution is -0.117. The molecule has 0 saturated carbocycles. The van der Waals surface area contributed by atoms with Crippen LogP contribution in [-0.2, 0) is 24.7 Å². The Morgan fingerprint density at radius 2 is 2.08 bits per heavy atom. The molecule has 7 heteroatoms. The number of aromatic nitrogens is 4. The van der Waals surface area contributed by atoms with Gasteiger partial charge in [-0.15, -0.1) is 0 Å². The summed E-state index contributed by atoms with van der Waals surface area (Å²) in [6.07, 6.45) is 8.72. The van der Waals surface area contributed by atoms with Crippen LogP contribution in [0.4, 0.5) is 11.5 Å². The summed E-state index contributed by atoms with van der Waals surface area (Å²) < 4.78 is 1.72. The van der Waals surface area contributed by atoms with Gasteiger partial charge in [0.05, 0.1) is 11.9 Å². The summed E-state index contributed by atoms with van der Waals surface area (Å²) in [6, 6.07) is -0.231. The molecule has 0 bridgehead atoms. The van der Waals surface area contributed by atoms with Gasteiger partial charge in [0.15, 0.2) is 0 Å². The Morgan fingerprint density at radius 3 is 2.88 bits per heavy atom. The van der Waals surface area contributed by atoms with Gasteiger partial charge in [0, 0.05) is 31.0 Å². The molecule has 1 saturated heterocycles. The zero-order chi connectivity index (χ0) is 16.7. The first-order valence-electron chi connectivity index (χ1n) is 8.55. The van der Waals surface area contributed by atoms with E-state index in [0.29, 0.717) is 6.54 Å². The Bertz CT molecular complexity index is 783. The molecule has 1 atom stereocenters. The van der Waals surface area contributed by atoms with Crippen LogP contribution in [0.1, 0.15) is 36.3 Å². The molecule has 0 aromatic carbocycles. The van der Waals surface area contributed by atoms with E-state index >= 15 is 0 Å². The molecular formula is C17H22N6O. The van der Waals surface area contributed by atoms with Gasteiger partial charge in [-0.2, -0.15) is 5.10 Å². The molecule has 1 N–H and O–H groups in total. The third kappa shape index (κ3) is 2.64. The second kappa shape index (κ2) is 5.89. The molecule has 2 aromatic rings. The van der Waals surface area contributed by atoms with Crippen LogP contribution in [0.2, 0.25) is 0 Å². The SMILES string of the molecule is Cc1nc2c(c(NC3CCN(c4cnn(C)c4)C3=O)n1)CCCC2. The Kier molecular flexibility index (Phi) is 3.70. The van der Waals surface area contributed by atoms with Crippen LogP contribution in [0.15, 0.2) is 12.4 Å². The summed E-state index contributed by atoms with van der Waals surface area (Å²) in [5, 5.41) is 7.55. The number of fused-ring (bicyclic) bond motifs is 1. The minimum atomic E-state index is -0.231. The maximum absolute atomic E-state index is 12.8. The number of rotatable bonds is 3. The number of hydrogen-bond acceptors (Lipinski definition) is 5. The fourth-order valence-electron chi connectivity index (χ4n) is 3.62. The lowest BCUT2D eigenvalue weighted by Gasteiger charge is -2.21. The van der Waals surface area contributed by atoms with E-state index in [1.807, 2.05) is 20.2 Å². The Hall–Kier alpha value is -2.44. The Balaban J connectivity index is 1.56. The molecule has 7 nitrogen and oxygen atoms in total. The minimum Gasteiger partial charge on any atom is -0.358 e. The van der Waals surface area contributed by atoms with E-state index in [1.165, 1.54) is 12.0 Å². The lowest BCUT2D eigenvalue weighted by Crippen LogP contribution is -2.34. The van der Waals surface area contributed by atoms with E-state index in [9.17, 15) is 4.79 Å². The average Bonchev–Trinajstić information content (AvgIpc) is 3.14. The first-order chi connectivity index (χ1) is 11.6. The molecule has 126 valence electrons. The summed E-state index contributed by atoms with van der Waals surface area (Å²) in [5.74, 6) is 1.71. The summed E-state index contributed by atoms with van der Waals surface area (Å²) in [4.78, 5) is 23.7. The van der Waals surface area contributed by atoms with Gasteiger partial charge in [-0.05, 0) is 39.0 Å². The second-order valence-electron chi connectivity index (χ2n) is 6.60. The van der Waals surface area contributed by atoms with Crippen molar-refractivity contribution < 1.29 is 4.79 Å². The molecule has 1 fully saturated rings. The van der Waals surface area contributed by atoms with Crippen LogP contribution in [0.5, 0.6) is 0 Å². The molecule has 1 aliphatic heterocycles. The van der Waals surface area contributed by atoms with Crippen molar-refractivity contribution >= 4 is 17.4 Å². The molecule has 4 rings (SSSR count). The molecule has 24 heavy (non-hydrogen) atoms. The Morgan fingerprint density at radius 1 is 1.25 bits per heavy atom. The standard InChI is InChI=1S/C17H22N6O/c1-11-19-14-6-4-3-5-13(14)16(20-11)21-15-7-8-23(17(15)24)12-9-18-22(2)10-12/h9-10,15H,3-8H2,1-2H3,(H,19,20,21). The van der Waals surface area contributed by atoms with Crippen LogP contribution in [0.3, 0.4) is 0 Å².